The number of phenols is 1. The van der Waals surface area contributed by atoms with Crippen LogP contribution in [0.4, 0.5) is 5.69 Å². The third-order valence-electron chi connectivity index (χ3n) is 4.39. The lowest BCUT2D eigenvalue weighted by atomic mass is 10.1. The van der Waals surface area contributed by atoms with Gasteiger partial charge in [-0.3, -0.25) is 0 Å². The molecule has 0 atom stereocenters. The maximum atomic E-state index is 10.2. The monoisotopic (exact) mass is 329 g/mol. The summed E-state index contributed by atoms with van der Waals surface area (Å²) in [6.07, 6.45) is 0.862. The minimum atomic E-state index is 0.209. The number of phenolic OH excluding ortho intramolecular Hbond substituents is 1. The number of nitrogens with zero attached hydrogens (tertiary/aromatic N) is 2. The van der Waals surface area contributed by atoms with E-state index in [2.05, 4.69) is 4.57 Å². The maximum Gasteiger partial charge on any atom is 0.143 e. The molecule has 0 spiro atoms. The summed E-state index contributed by atoms with van der Waals surface area (Å²) in [6.45, 7) is 0.772. The first kappa shape index (κ1) is 15.3. The quantitative estimate of drug-likeness (QED) is 0.551. The number of benzene rings is 3. The van der Waals surface area contributed by atoms with Crippen LogP contribution in [-0.2, 0) is 13.0 Å². The van der Waals surface area contributed by atoms with Crippen LogP contribution in [0.25, 0.3) is 22.4 Å². The Bertz CT molecular complexity index is 1000. The molecule has 0 radical (unpaired) electrons. The molecule has 1 aromatic heterocycles. The molecule has 4 rings (SSSR count). The largest absolute Gasteiger partial charge is 0.506 e. The van der Waals surface area contributed by atoms with Crippen LogP contribution in [0.5, 0.6) is 5.75 Å². The standard InChI is InChI=1S/C21H19N3O/c22-17-11-9-15(10-12-17)13-14-24-18-7-4-8-19(25)20(18)23-21(24)16-5-2-1-3-6-16/h1-12,25H,13-14,22H2. The molecule has 25 heavy (non-hydrogen) atoms. The number of para-hydroxylation sites is 1. The lowest BCUT2D eigenvalue weighted by Gasteiger charge is -2.10. The van der Waals surface area contributed by atoms with E-state index in [1.807, 2.05) is 66.7 Å². The first-order valence-corrected chi connectivity index (χ1v) is 8.30. The summed E-state index contributed by atoms with van der Waals surface area (Å²) in [5.74, 6) is 1.08. The number of nitrogen functional groups attached to an aromatic ring is 1. The van der Waals surface area contributed by atoms with Gasteiger partial charge in [0.25, 0.3) is 0 Å². The lowest BCUT2D eigenvalue weighted by Crippen LogP contribution is -2.03. The summed E-state index contributed by atoms with van der Waals surface area (Å²) < 4.78 is 2.17. The zero-order valence-electron chi connectivity index (χ0n) is 13.8. The third-order valence-corrected chi connectivity index (χ3v) is 4.39. The van der Waals surface area contributed by atoms with Gasteiger partial charge in [-0.25, -0.2) is 4.98 Å². The van der Waals surface area contributed by atoms with Crippen molar-refractivity contribution in [1.29, 1.82) is 0 Å². The molecule has 4 nitrogen and oxygen atoms in total. The lowest BCUT2D eigenvalue weighted by molar-refractivity contribution is 0.480. The highest BCUT2D eigenvalue weighted by Gasteiger charge is 2.14. The minimum absolute atomic E-state index is 0.209. The average Bonchev–Trinajstić information content (AvgIpc) is 3.02. The van der Waals surface area contributed by atoms with E-state index in [0.29, 0.717) is 5.52 Å². The van der Waals surface area contributed by atoms with Crippen molar-refractivity contribution < 1.29 is 5.11 Å². The fourth-order valence-electron chi connectivity index (χ4n) is 3.09. The number of aromatic nitrogens is 2. The molecule has 1 heterocycles. The van der Waals surface area contributed by atoms with Gasteiger partial charge >= 0.3 is 0 Å². The second-order valence-electron chi connectivity index (χ2n) is 6.09. The first-order valence-electron chi connectivity index (χ1n) is 8.30. The molecule has 0 bridgehead atoms. The van der Waals surface area contributed by atoms with E-state index in [0.717, 1.165) is 35.6 Å². The van der Waals surface area contributed by atoms with Gasteiger partial charge < -0.3 is 15.4 Å². The number of aromatic hydroxyl groups is 1. The number of rotatable bonds is 4. The van der Waals surface area contributed by atoms with Crippen LogP contribution in [0.2, 0.25) is 0 Å². The molecule has 0 aliphatic heterocycles. The molecule has 0 fully saturated rings. The molecule has 0 saturated heterocycles. The van der Waals surface area contributed by atoms with Crippen LogP contribution in [-0.4, -0.2) is 14.7 Å². The highest BCUT2D eigenvalue weighted by atomic mass is 16.3. The van der Waals surface area contributed by atoms with Crippen molar-refractivity contribution >= 4 is 16.7 Å². The summed E-state index contributed by atoms with van der Waals surface area (Å²) in [4.78, 5) is 4.70. The van der Waals surface area contributed by atoms with Crippen LogP contribution in [0, 0.1) is 0 Å². The van der Waals surface area contributed by atoms with E-state index in [9.17, 15) is 5.11 Å². The summed E-state index contributed by atoms with van der Waals surface area (Å²) >= 11 is 0. The fraction of sp³-hybridized carbons (Fsp3) is 0.0952. The van der Waals surface area contributed by atoms with Crippen LogP contribution in [0.3, 0.4) is 0 Å². The Balaban J connectivity index is 1.77. The highest BCUT2D eigenvalue weighted by molar-refractivity contribution is 5.85. The van der Waals surface area contributed by atoms with Gasteiger partial charge in [0.15, 0.2) is 0 Å². The van der Waals surface area contributed by atoms with Gasteiger partial charge in [-0.05, 0) is 36.2 Å². The van der Waals surface area contributed by atoms with Crippen LogP contribution < -0.4 is 5.73 Å². The summed E-state index contributed by atoms with van der Waals surface area (Å²) in [5, 5.41) is 10.2. The Hall–Kier alpha value is -3.27. The predicted molar refractivity (Wildman–Crippen MR) is 101 cm³/mol. The minimum Gasteiger partial charge on any atom is -0.506 e. The maximum absolute atomic E-state index is 10.2. The Morgan fingerprint density at radius 1 is 0.880 bits per heavy atom. The number of aryl methyl sites for hydroxylation is 2. The molecule has 4 aromatic rings. The number of nitrogens with two attached hydrogens (primary N) is 1. The average molecular weight is 329 g/mol. The van der Waals surface area contributed by atoms with Crippen LogP contribution >= 0.6 is 0 Å². The van der Waals surface area contributed by atoms with Gasteiger partial charge in [0, 0.05) is 17.8 Å². The molecule has 4 heteroatoms. The summed E-state index contributed by atoms with van der Waals surface area (Å²) in [6, 6.07) is 23.5. The molecular formula is C21H19N3O. The third kappa shape index (κ3) is 2.94. The molecule has 0 aliphatic rings. The van der Waals surface area contributed by atoms with Gasteiger partial charge in [0.1, 0.15) is 17.1 Å². The van der Waals surface area contributed by atoms with Crippen molar-refractivity contribution in [3.8, 4) is 17.1 Å². The molecular weight excluding hydrogens is 310 g/mol. The smallest absolute Gasteiger partial charge is 0.143 e. The van der Waals surface area contributed by atoms with E-state index >= 15 is 0 Å². The molecule has 0 aliphatic carbocycles. The van der Waals surface area contributed by atoms with Crippen molar-refractivity contribution in [2.75, 3.05) is 5.73 Å². The van der Waals surface area contributed by atoms with Crippen molar-refractivity contribution in [3.63, 3.8) is 0 Å². The Morgan fingerprint density at radius 2 is 1.64 bits per heavy atom. The molecule has 0 amide bonds. The zero-order chi connectivity index (χ0) is 17.2. The normalized spacial score (nSPS) is 11.0. The van der Waals surface area contributed by atoms with E-state index in [1.165, 1.54) is 5.56 Å². The van der Waals surface area contributed by atoms with Crippen molar-refractivity contribution in [2.45, 2.75) is 13.0 Å². The summed E-state index contributed by atoms with van der Waals surface area (Å²) in [5.41, 5.74) is 10.4. The SMILES string of the molecule is Nc1ccc(CCn2c(-c3ccccc3)nc3c(O)cccc32)cc1. The van der Waals surface area contributed by atoms with E-state index in [-0.39, 0.29) is 5.75 Å². The van der Waals surface area contributed by atoms with Gasteiger partial charge in [0.05, 0.1) is 5.52 Å². The van der Waals surface area contributed by atoms with Gasteiger partial charge in [0.2, 0.25) is 0 Å². The number of fused-ring (bicyclic) bond motifs is 1. The molecule has 3 N–H and O–H groups in total. The zero-order valence-corrected chi connectivity index (χ0v) is 13.8. The highest BCUT2D eigenvalue weighted by Crippen LogP contribution is 2.30. The van der Waals surface area contributed by atoms with Gasteiger partial charge in [-0.1, -0.05) is 48.5 Å². The predicted octanol–water partition coefficient (Wildman–Crippen LogP) is 4.23. The van der Waals surface area contributed by atoms with Crippen LogP contribution in [0.15, 0.2) is 72.8 Å². The molecule has 0 saturated carbocycles. The summed E-state index contributed by atoms with van der Waals surface area (Å²) in [7, 11) is 0. The Morgan fingerprint density at radius 3 is 2.40 bits per heavy atom. The Kier molecular flexibility index (Phi) is 3.86. The van der Waals surface area contributed by atoms with E-state index in [1.54, 1.807) is 6.07 Å². The van der Waals surface area contributed by atoms with E-state index in [4.69, 9.17) is 10.7 Å². The van der Waals surface area contributed by atoms with Gasteiger partial charge in [-0.15, -0.1) is 0 Å². The van der Waals surface area contributed by atoms with Gasteiger partial charge in [-0.2, -0.15) is 0 Å². The second-order valence-corrected chi connectivity index (χ2v) is 6.09. The first-order chi connectivity index (χ1) is 12.2. The molecule has 3 aromatic carbocycles. The number of anilines is 1. The second kappa shape index (κ2) is 6.32. The van der Waals surface area contributed by atoms with Crippen molar-refractivity contribution in [2.24, 2.45) is 0 Å². The number of hydrogen-bond acceptors (Lipinski definition) is 3. The Labute approximate surface area is 146 Å². The molecule has 0 unspecified atom stereocenters. The van der Waals surface area contributed by atoms with Crippen molar-refractivity contribution in [3.05, 3.63) is 78.4 Å². The fourth-order valence-corrected chi connectivity index (χ4v) is 3.09. The number of hydrogen-bond donors (Lipinski definition) is 2. The van der Waals surface area contributed by atoms with E-state index < -0.39 is 0 Å². The topological polar surface area (TPSA) is 64.1 Å². The molecule has 124 valence electrons. The van der Waals surface area contributed by atoms with Crippen molar-refractivity contribution in [1.82, 2.24) is 9.55 Å². The number of imidazole rings is 1. The van der Waals surface area contributed by atoms with Crippen LogP contribution in [0.1, 0.15) is 5.56 Å².